The SMILES string of the molecule is CCc1nnsc1C(NN)c1ccccc1C(F)(F)F. The summed E-state index contributed by atoms with van der Waals surface area (Å²) in [4.78, 5) is 0.603. The summed E-state index contributed by atoms with van der Waals surface area (Å²) >= 11 is 1.05. The van der Waals surface area contributed by atoms with Crippen molar-refractivity contribution in [2.75, 3.05) is 0 Å². The number of alkyl halides is 3. The molecule has 1 atom stereocenters. The number of nitrogens with one attached hydrogen (secondary N) is 1. The van der Waals surface area contributed by atoms with Crippen molar-refractivity contribution < 1.29 is 13.2 Å². The smallest absolute Gasteiger partial charge is 0.271 e. The third-order valence-electron chi connectivity index (χ3n) is 2.93. The minimum absolute atomic E-state index is 0.0725. The standard InChI is InChI=1S/C12H13F3N4S/c1-2-9-11(20-19-18-9)10(17-16)7-5-3-4-6-8(7)12(13,14)15/h3-6,10,17H,2,16H2,1H3. The summed E-state index contributed by atoms with van der Waals surface area (Å²) in [6.07, 6.45) is -3.85. The molecule has 0 amide bonds. The molecule has 20 heavy (non-hydrogen) atoms. The molecular weight excluding hydrogens is 289 g/mol. The molecule has 0 aliphatic rings. The van der Waals surface area contributed by atoms with Crippen LogP contribution in [0.5, 0.6) is 0 Å². The van der Waals surface area contributed by atoms with E-state index < -0.39 is 17.8 Å². The Balaban J connectivity index is 2.53. The molecule has 1 unspecified atom stereocenters. The van der Waals surface area contributed by atoms with Crippen molar-refractivity contribution in [2.24, 2.45) is 5.84 Å². The monoisotopic (exact) mass is 302 g/mol. The average Bonchev–Trinajstić information content (AvgIpc) is 2.87. The lowest BCUT2D eigenvalue weighted by molar-refractivity contribution is -0.138. The number of rotatable bonds is 4. The van der Waals surface area contributed by atoms with Crippen molar-refractivity contribution in [3.8, 4) is 0 Å². The van der Waals surface area contributed by atoms with Crippen molar-refractivity contribution in [1.29, 1.82) is 0 Å². The second kappa shape index (κ2) is 5.86. The van der Waals surface area contributed by atoms with Gasteiger partial charge in [-0.05, 0) is 29.6 Å². The van der Waals surface area contributed by atoms with Gasteiger partial charge < -0.3 is 0 Å². The molecule has 8 heteroatoms. The van der Waals surface area contributed by atoms with Gasteiger partial charge in [0.2, 0.25) is 0 Å². The van der Waals surface area contributed by atoms with Crippen LogP contribution in [-0.4, -0.2) is 9.59 Å². The summed E-state index contributed by atoms with van der Waals surface area (Å²) in [5.74, 6) is 5.47. The van der Waals surface area contributed by atoms with Crippen molar-refractivity contribution in [3.63, 3.8) is 0 Å². The van der Waals surface area contributed by atoms with E-state index in [0.717, 1.165) is 17.6 Å². The minimum Gasteiger partial charge on any atom is -0.271 e. The summed E-state index contributed by atoms with van der Waals surface area (Å²) in [7, 11) is 0. The van der Waals surface area contributed by atoms with E-state index in [9.17, 15) is 13.2 Å². The van der Waals surface area contributed by atoms with Gasteiger partial charge in [-0.15, -0.1) is 5.10 Å². The van der Waals surface area contributed by atoms with Crippen molar-refractivity contribution in [1.82, 2.24) is 15.0 Å². The number of hydrogen-bond donors (Lipinski definition) is 2. The van der Waals surface area contributed by atoms with E-state index in [4.69, 9.17) is 5.84 Å². The molecule has 108 valence electrons. The molecule has 2 rings (SSSR count). The zero-order valence-corrected chi connectivity index (χ0v) is 11.4. The van der Waals surface area contributed by atoms with E-state index in [1.807, 2.05) is 6.92 Å². The number of halogens is 3. The molecule has 1 aromatic carbocycles. The topological polar surface area (TPSA) is 63.8 Å². The van der Waals surface area contributed by atoms with Crippen LogP contribution in [0.15, 0.2) is 24.3 Å². The first-order chi connectivity index (χ1) is 9.49. The molecule has 0 aliphatic heterocycles. The molecule has 0 spiro atoms. The molecule has 0 saturated heterocycles. The summed E-state index contributed by atoms with van der Waals surface area (Å²) in [5.41, 5.74) is 2.45. The molecule has 1 aromatic heterocycles. The fourth-order valence-corrected chi connectivity index (χ4v) is 2.81. The Kier molecular flexibility index (Phi) is 4.36. The van der Waals surface area contributed by atoms with Crippen LogP contribution in [0, 0.1) is 0 Å². The largest absolute Gasteiger partial charge is 0.416 e. The second-order valence-electron chi connectivity index (χ2n) is 4.12. The predicted molar refractivity (Wildman–Crippen MR) is 69.9 cm³/mol. The maximum absolute atomic E-state index is 13.1. The van der Waals surface area contributed by atoms with Crippen LogP contribution < -0.4 is 11.3 Å². The van der Waals surface area contributed by atoms with Gasteiger partial charge in [0.1, 0.15) is 0 Å². The summed E-state index contributed by atoms with van der Waals surface area (Å²) in [6.45, 7) is 1.86. The lowest BCUT2D eigenvalue weighted by atomic mass is 9.98. The number of aromatic nitrogens is 2. The number of aryl methyl sites for hydroxylation is 1. The molecule has 3 N–H and O–H groups in total. The highest BCUT2D eigenvalue weighted by atomic mass is 32.1. The third-order valence-corrected chi connectivity index (χ3v) is 3.76. The molecule has 0 fully saturated rings. The highest BCUT2D eigenvalue weighted by molar-refractivity contribution is 7.05. The van der Waals surface area contributed by atoms with Gasteiger partial charge in [0.15, 0.2) is 0 Å². The molecule has 2 aromatic rings. The van der Waals surface area contributed by atoms with Gasteiger partial charge in [-0.25, -0.2) is 5.43 Å². The summed E-state index contributed by atoms with van der Waals surface area (Å²) < 4.78 is 43.0. The van der Waals surface area contributed by atoms with Crippen LogP contribution in [0.3, 0.4) is 0 Å². The fraction of sp³-hybridized carbons (Fsp3) is 0.333. The predicted octanol–water partition coefficient (Wildman–Crippen LogP) is 2.67. The zero-order valence-electron chi connectivity index (χ0n) is 10.6. The highest BCUT2D eigenvalue weighted by Crippen LogP contribution is 2.37. The van der Waals surface area contributed by atoms with Gasteiger partial charge >= 0.3 is 6.18 Å². The van der Waals surface area contributed by atoms with Gasteiger partial charge in [0, 0.05) is 0 Å². The minimum atomic E-state index is -4.43. The Labute approximate surface area is 117 Å². The lowest BCUT2D eigenvalue weighted by Crippen LogP contribution is -2.30. The number of benzene rings is 1. The Morgan fingerprint density at radius 3 is 2.65 bits per heavy atom. The molecule has 0 saturated carbocycles. The molecule has 0 bridgehead atoms. The van der Waals surface area contributed by atoms with Gasteiger partial charge in [-0.1, -0.05) is 29.6 Å². The first-order valence-electron chi connectivity index (χ1n) is 5.92. The second-order valence-corrected chi connectivity index (χ2v) is 4.91. The molecule has 0 aliphatic carbocycles. The molecule has 1 heterocycles. The summed E-state index contributed by atoms with van der Waals surface area (Å²) in [5, 5.41) is 3.91. The van der Waals surface area contributed by atoms with E-state index in [1.54, 1.807) is 6.07 Å². The molecular formula is C12H13F3N4S. The van der Waals surface area contributed by atoms with E-state index in [2.05, 4.69) is 15.0 Å². The molecule has 4 nitrogen and oxygen atoms in total. The van der Waals surface area contributed by atoms with Crippen LogP contribution in [0.1, 0.15) is 34.7 Å². The van der Waals surface area contributed by atoms with Gasteiger partial charge in [-0.2, -0.15) is 13.2 Å². The van der Waals surface area contributed by atoms with Crippen LogP contribution in [0.2, 0.25) is 0 Å². The quantitative estimate of drug-likeness (QED) is 0.673. The zero-order chi connectivity index (χ0) is 14.8. The van der Waals surface area contributed by atoms with E-state index in [0.29, 0.717) is 17.0 Å². The lowest BCUT2D eigenvalue weighted by Gasteiger charge is -2.20. The van der Waals surface area contributed by atoms with Gasteiger partial charge in [-0.3, -0.25) is 5.84 Å². The Bertz CT molecular complexity index is 582. The van der Waals surface area contributed by atoms with Crippen molar-refractivity contribution in [3.05, 3.63) is 46.0 Å². The number of hydrazine groups is 1. The van der Waals surface area contributed by atoms with Crippen LogP contribution in [-0.2, 0) is 12.6 Å². The van der Waals surface area contributed by atoms with Gasteiger partial charge in [0.25, 0.3) is 0 Å². The fourth-order valence-electron chi connectivity index (χ4n) is 1.99. The first kappa shape index (κ1) is 14.9. The number of nitrogens with zero attached hydrogens (tertiary/aromatic N) is 2. The van der Waals surface area contributed by atoms with E-state index >= 15 is 0 Å². The Morgan fingerprint density at radius 2 is 2.05 bits per heavy atom. The first-order valence-corrected chi connectivity index (χ1v) is 6.69. The Morgan fingerprint density at radius 1 is 1.35 bits per heavy atom. The van der Waals surface area contributed by atoms with Gasteiger partial charge in [0.05, 0.1) is 22.2 Å². The van der Waals surface area contributed by atoms with E-state index in [-0.39, 0.29) is 5.56 Å². The maximum atomic E-state index is 13.1. The molecule has 0 radical (unpaired) electrons. The van der Waals surface area contributed by atoms with Crippen LogP contribution >= 0.6 is 11.5 Å². The van der Waals surface area contributed by atoms with E-state index in [1.165, 1.54) is 12.1 Å². The summed E-state index contributed by atoms with van der Waals surface area (Å²) in [6, 6.07) is 4.58. The Hall–Kier alpha value is -1.51. The van der Waals surface area contributed by atoms with Crippen molar-refractivity contribution >= 4 is 11.5 Å². The highest BCUT2D eigenvalue weighted by Gasteiger charge is 2.36. The van der Waals surface area contributed by atoms with Crippen molar-refractivity contribution in [2.45, 2.75) is 25.6 Å². The third kappa shape index (κ3) is 2.82. The average molecular weight is 302 g/mol. The van der Waals surface area contributed by atoms with Crippen LogP contribution in [0.4, 0.5) is 13.2 Å². The van der Waals surface area contributed by atoms with Crippen LogP contribution in [0.25, 0.3) is 0 Å². The normalized spacial score (nSPS) is 13.4. The maximum Gasteiger partial charge on any atom is 0.416 e. The number of nitrogens with two attached hydrogens (primary N) is 1. The number of hydrogen-bond acceptors (Lipinski definition) is 5.